The van der Waals surface area contributed by atoms with Gasteiger partial charge in [-0.2, -0.15) is 15.1 Å². The Bertz CT molecular complexity index is 1880. The lowest BCUT2D eigenvalue weighted by atomic mass is 9.98. The van der Waals surface area contributed by atoms with Gasteiger partial charge in [-0.3, -0.25) is 13.9 Å². The van der Waals surface area contributed by atoms with Crippen molar-refractivity contribution in [3.63, 3.8) is 0 Å². The molecule has 3 fully saturated rings. The molecule has 4 N–H and O–H groups in total. The second kappa shape index (κ2) is 13.4. The normalized spacial score (nSPS) is 26.4. The number of aliphatic hydroxyl groups is 1. The lowest BCUT2D eigenvalue weighted by Crippen LogP contribution is -2.42. The highest BCUT2D eigenvalue weighted by molar-refractivity contribution is 7.52. The zero-order valence-corrected chi connectivity index (χ0v) is 28.3. The molecule has 0 spiro atoms. The molecular weight excluding hydrogens is 656 g/mol. The van der Waals surface area contributed by atoms with Gasteiger partial charge in [0.15, 0.2) is 29.4 Å². The number of rotatable bonds is 11. The zero-order valence-electron chi connectivity index (χ0n) is 27.4. The molecule has 1 aliphatic carbocycles. The smallest absolute Gasteiger partial charge is 0.459 e. The molecule has 1 unspecified atom stereocenters. The fourth-order valence-electron chi connectivity index (χ4n) is 6.60. The summed E-state index contributed by atoms with van der Waals surface area (Å²) in [4.78, 5) is 28.2. The van der Waals surface area contributed by atoms with Crippen LogP contribution in [0, 0.1) is 0 Å². The summed E-state index contributed by atoms with van der Waals surface area (Å²) in [7, 11) is -4.41. The maximum atomic E-state index is 16.0. The molecule has 0 bridgehead atoms. The van der Waals surface area contributed by atoms with E-state index in [-0.39, 0.29) is 23.4 Å². The predicted molar refractivity (Wildman–Crippen MR) is 180 cm³/mol. The molecule has 2 aliphatic heterocycles. The van der Waals surface area contributed by atoms with Gasteiger partial charge in [0.05, 0.1) is 12.9 Å². The number of carbonyl (C=O) groups excluding carboxylic acids is 1. The first kappa shape index (κ1) is 33.6. The minimum Gasteiger partial charge on any atom is -0.461 e. The van der Waals surface area contributed by atoms with Gasteiger partial charge in [0.2, 0.25) is 5.95 Å². The Balaban J connectivity index is 1.13. The second-order valence-electron chi connectivity index (χ2n) is 13.1. The number of aromatic nitrogens is 4. The zero-order chi connectivity index (χ0) is 34.3. The van der Waals surface area contributed by atoms with Crippen LogP contribution in [0.3, 0.4) is 0 Å². The molecule has 2 aromatic heterocycles. The summed E-state index contributed by atoms with van der Waals surface area (Å²) in [5, 5.41) is 15.6. The number of hydrogen-bond donors (Lipinski definition) is 3. The van der Waals surface area contributed by atoms with E-state index in [2.05, 4.69) is 20.0 Å². The summed E-state index contributed by atoms with van der Waals surface area (Å²) in [6, 6.07) is 11.5. The van der Waals surface area contributed by atoms with Crippen LogP contribution < -0.4 is 20.2 Å². The van der Waals surface area contributed by atoms with E-state index in [1.165, 1.54) is 24.7 Å². The first-order chi connectivity index (χ1) is 23.5. The number of halogens is 1. The maximum absolute atomic E-state index is 16.0. The number of anilines is 2. The topological polar surface area (TPSA) is 176 Å². The second-order valence-corrected chi connectivity index (χ2v) is 14.8. The van der Waals surface area contributed by atoms with E-state index < -0.39 is 50.5 Å². The van der Waals surface area contributed by atoms with Gasteiger partial charge >= 0.3 is 13.7 Å². The highest BCUT2D eigenvalue weighted by Crippen LogP contribution is 2.49. The van der Waals surface area contributed by atoms with Gasteiger partial charge in [-0.15, -0.1) is 0 Å². The van der Waals surface area contributed by atoms with E-state index in [1.807, 2.05) is 29.2 Å². The number of nitrogens with two attached hydrogens (primary N) is 1. The molecule has 0 radical (unpaired) electrons. The van der Waals surface area contributed by atoms with Gasteiger partial charge in [-0.1, -0.05) is 42.8 Å². The SMILES string of the molecule is C[C@H](NP(=O)(OC[C@H]1O[C@@H](n2cnc3c(N4CCC4)nc(N)nc32)[C@](C)(O)[C@@H]1F)Oc1cccc2ccccc12)C(=O)OC1CCCCC1. The van der Waals surface area contributed by atoms with E-state index in [1.54, 1.807) is 18.2 Å². The molecule has 0 amide bonds. The first-order valence-electron chi connectivity index (χ1n) is 16.7. The van der Waals surface area contributed by atoms with E-state index in [0.717, 1.165) is 57.0 Å². The van der Waals surface area contributed by atoms with Gasteiger partial charge in [-0.05, 0) is 57.4 Å². The number of imidazole rings is 1. The van der Waals surface area contributed by atoms with Crippen LogP contribution in [0.25, 0.3) is 21.9 Å². The monoisotopic (exact) mass is 697 g/mol. The Morgan fingerprint density at radius 1 is 1.16 bits per heavy atom. The minimum atomic E-state index is -4.41. The Hall–Kier alpha value is -3.88. The van der Waals surface area contributed by atoms with Crippen LogP contribution >= 0.6 is 7.75 Å². The molecular formula is C33H41FN7O7P. The Kier molecular flexibility index (Phi) is 9.22. The van der Waals surface area contributed by atoms with Crippen molar-refractivity contribution in [2.45, 2.75) is 88.6 Å². The summed E-state index contributed by atoms with van der Waals surface area (Å²) in [5.41, 5.74) is 4.65. The molecule has 6 atom stereocenters. The quantitative estimate of drug-likeness (QED) is 0.144. The van der Waals surface area contributed by atoms with Gasteiger partial charge in [0.1, 0.15) is 29.6 Å². The number of nitrogen functional groups attached to an aromatic ring is 1. The van der Waals surface area contributed by atoms with Crippen molar-refractivity contribution in [3.05, 3.63) is 48.8 Å². The van der Waals surface area contributed by atoms with Crippen LogP contribution in [0.15, 0.2) is 48.8 Å². The van der Waals surface area contributed by atoms with Crippen LogP contribution in [0.2, 0.25) is 0 Å². The van der Waals surface area contributed by atoms with Crippen molar-refractivity contribution in [2.24, 2.45) is 0 Å². The predicted octanol–water partition coefficient (Wildman–Crippen LogP) is 4.82. The Morgan fingerprint density at radius 2 is 1.92 bits per heavy atom. The molecule has 262 valence electrons. The highest BCUT2D eigenvalue weighted by Gasteiger charge is 2.55. The number of carbonyl (C=O) groups is 1. The fourth-order valence-corrected chi connectivity index (χ4v) is 8.12. The van der Waals surface area contributed by atoms with Gasteiger partial charge in [-0.25, -0.2) is 13.9 Å². The third-order valence-electron chi connectivity index (χ3n) is 9.43. The minimum absolute atomic E-state index is 0.000738. The molecule has 49 heavy (non-hydrogen) atoms. The maximum Gasteiger partial charge on any atom is 0.459 e. The number of fused-ring (bicyclic) bond motifs is 2. The lowest BCUT2D eigenvalue weighted by Gasteiger charge is -2.32. The van der Waals surface area contributed by atoms with E-state index in [9.17, 15) is 14.5 Å². The third kappa shape index (κ3) is 6.70. The van der Waals surface area contributed by atoms with Crippen molar-refractivity contribution in [1.29, 1.82) is 0 Å². The van der Waals surface area contributed by atoms with E-state index >= 15 is 4.39 Å². The summed E-state index contributed by atoms with van der Waals surface area (Å²) in [6.07, 6.45) is 2.05. The van der Waals surface area contributed by atoms with Crippen LogP contribution in [-0.4, -0.2) is 80.3 Å². The Labute approximate surface area is 282 Å². The summed E-state index contributed by atoms with van der Waals surface area (Å²) in [6.45, 7) is 3.77. The van der Waals surface area contributed by atoms with Gasteiger partial charge in [0.25, 0.3) is 0 Å². The van der Waals surface area contributed by atoms with Gasteiger partial charge < -0.3 is 29.7 Å². The Morgan fingerprint density at radius 3 is 2.67 bits per heavy atom. The number of nitrogens with one attached hydrogen (secondary N) is 1. The average molecular weight is 698 g/mol. The largest absolute Gasteiger partial charge is 0.461 e. The van der Waals surface area contributed by atoms with Crippen LogP contribution in [0.4, 0.5) is 16.2 Å². The molecule has 1 saturated carbocycles. The average Bonchev–Trinajstić information content (AvgIpc) is 3.56. The van der Waals surface area contributed by atoms with Gasteiger partial charge in [0, 0.05) is 18.5 Å². The van der Waals surface area contributed by atoms with Crippen molar-refractivity contribution in [2.75, 3.05) is 30.3 Å². The molecule has 16 heteroatoms. The number of hydrogen-bond acceptors (Lipinski definition) is 12. The third-order valence-corrected chi connectivity index (χ3v) is 11.1. The van der Waals surface area contributed by atoms with Crippen molar-refractivity contribution < 1.29 is 37.4 Å². The van der Waals surface area contributed by atoms with Crippen molar-refractivity contribution in [3.8, 4) is 5.75 Å². The molecule has 4 heterocycles. The fraction of sp³-hybridized carbons (Fsp3) is 0.515. The van der Waals surface area contributed by atoms with E-state index in [0.29, 0.717) is 16.7 Å². The van der Waals surface area contributed by atoms with Crippen molar-refractivity contribution >= 4 is 47.4 Å². The molecule has 14 nitrogen and oxygen atoms in total. The standard InChI is InChI=1S/C33H41FN7O7P/c1-20(30(42)46-22-12-4-3-5-13-22)39-49(44,48-24-15-8-11-21-10-6-7-14-23(21)24)45-18-25-27(34)33(2,43)31(47-25)41-19-36-26-28(40-16-9-17-40)37-32(35)38-29(26)41/h6-8,10-11,14-15,19-20,22,25,27,31,43H,3-5,9,12-13,16-18H2,1-2H3,(H,39,44)(H2,35,37,38)/t20-,25+,27+,31+,33+,49?/m0/s1. The summed E-state index contributed by atoms with van der Waals surface area (Å²) < 4.78 is 55.5. The number of esters is 1. The summed E-state index contributed by atoms with van der Waals surface area (Å²) >= 11 is 0. The van der Waals surface area contributed by atoms with Crippen molar-refractivity contribution in [1.82, 2.24) is 24.6 Å². The van der Waals surface area contributed by atoms with Crippen LogP contribution in [0.5, 0.6) is 5.75 Å². The van der Waals surface area contributed by atoms with Crippen LogP contribution in [-0.2, 0) is 23.4 Å². The molecule has 3 aliphatic rings. The molecule has 2 saturated heterocycles. The first-order valence-corrected chi connectivity index (χ1v) is 18.2. The molecule has 4 aromatic rings. The molecule has 2 aromatic carbocycles. The number of alkyl halides is 1. The highest BCUT2D eigenvalue weighted by atomic mass is 31.2. The molecule has 7 rings (SSSR count). The lowest BCUT2D eigenvalue weighted by molar-refractivity contribution is -0.152. The van der Waals surface area contributed by atoms with Crippen LogP contribution in [0.1, 0.15) is 58.6 Å². The number of ether oxygens (including phenoxy) is 2. The van der Waals surface area contributed by atoms with E-state index in [4.69, 9.17) is 24.3 Å². The summed E-state index contributed by atoms with van der Waals surface area (Å²) in [5.74, 6) is 0.178. The number of nitrogens with zero attached hydrogens (tertiary/aromatic N) is 5. The number of benzene rings is 2.